The standard InChI is InChI=1S/C19H19N3/c1-3-13-7-9-14(10-8-13)17-16(4-2)18-19(21-17)20-12-15-6-5-11-22(15)18/h5-12,21H,3-4H2,1-2H3. The second-order valence-electron chi connectivity index (χ2n) is 5.64. The van der Waals surface area contributed by atoms with Crippen molar-refractivity contribution in [2.75, 3.05) is 0 Å². The highest BCUT2D eigenvalue weighted by molar-refractivity contribution is 5.87. The topological polar surface area (TPSA) is 33.1 Å². The lowest BCUT2D eigenvalue weighted by molar-refractivity contribution is 1.13. The van der Waals surface area contributed by atoms with Crippen LogP contribution in [-0.2, 0) is 12.8 Å². The summed E-state index contributed by atoms with van der Waals surface area (Å²) in [5.74, 6) is 0. The Labute approximate surface area is 129 Å². The molecule has 1 aromatic carbocycles. The maximum absolute atomic E-state index is 4.59. The molecule has 0 saturated carbocycles. The second-order valence-corrected chi connectivity index (χ2v) is 5.64. The number of nitrogens with one attached hydrogen (secondary N) is 1. The molecule has 3 heteroatoms. The van der Waals surface area contributed by atoms with E-state index in [1.807, 2.05) is 6.20 Å². The zero-order valence-electron chi connectivity index (χ0n) is 12.9. The number of H-pyrrole nitrogens is 1. The van der Waals surface area contributed by atoms with Gasteiger partial charge in [-0.2, -0.15) is 0 Å². The van der Waals surface area contributed by atoms with Crippen molar-refractivity contribution in [3.05, 3.63) is 59.9 Å². The van der Waals surface area contributed by atoms with Crippen LogP contribution < -0.4 is 0 Å². The summed E-state index contributed by atoms with van der Waals surface area (Å²) in [6, 6.07) is 13.0. The van der Waals surface area contributed by atoms with Gasteiger partial charge in [0.2, 0.25) is 0 Å². The molecular weight excluding hydrogens is 270 g/mol. The Morgan fingerprint density at radius 2 is 1.86 bits per heavy atom. The van der Waals surface area contributed by atoms with Gasteiger partial charge in [-0.05, 0) is 36.1 Å². The van der Waals surface area contributed by atoms with E-state index in [-0.39, 0.29) is 0 Å². The molecule has 22 heavy (non-hydrogen) atoms. The maximum Gasteiger partial charge on any atom is 0.155 e. The van der Waals surface area contributed by atoms with Gasteiger partial charge in [0.1, 0.15) is 0 Å². The van der Waals surface area contributed by atoms with Crippen LogP contribution in [0.25, 0.3) is 27.9 Å². The van der Waals surface area contributed by atoms with Crippen LogP contribution in [0.15, 0.2) is 48.8 Å². The lowest BCUT2D eigenvalue weighted by Crippen LogP contribution is -1.90. The van der Waals surface area contributed by atoms with E-state index in [0.29, 0.717) is 0 Å². The SMILES string of the molecule is CCc1ccc(-c2[nH]c3ncc4cccn4c3c2CC)cc1. The summed E-state index contributed by atoms with van der Waals surface area (Å²) in [5.41, 5.74) is 8.39. The number of rotatable bonds is 3. The predicted octanol–water partition coefficient (Wildman–Crippen LogP) is 4.61. The normalized spacial score (nSPS) is 11.5. The minimum atomic E-state index is 0.954. The molecule has 0 aliphatic carbocycles. The fourth-order valence-electron chi connectivity index (χ4n) is 3.20. The lowest BCUT2D eigenvalue weighted by atomic mass is 10.0. The van der Waals surface area contributed by atoms with Gasteiger partial charge in [-0.25, -0.2) is 4.98 Å². The zero-order chi connectivity index (χ0) is 15.1. The van der Waals surface area contributed by atoms with Crippen LogP contribution in [0.2, 0.25) is 0 Å². The minimum Gasteiger partial charge on any atom is -0.338 e. The van der Waals surface area contributed by atoms with Crippen molar-refractivity contribution in [2.45, 2.75) is 26.7 Å². The van der Waals surface area contributed by atoms with Crippen molar-refractivity contribution in [3.8, 4) is 11.3 Å². The van der Waals surface area contributed by atoms with Crippen molar-refractivity contribution in [3.63, 3.8) is 0 Å². The van der Waals surface area contributed by atoms with E-state index in [2.05, 4.69) is 70.8 Å². The quantitative estimate of drug-likeness (QED) is 0.587. The first-order chi connectivity index (χ1) is 10.8. The number of hydrogen-bond donors (Lipinski definition) is 1. The van der Waals surface area contributed by atoms with Gasteiger partial charge in [-0.3, -0.25) is 0 Å². The van der Waals surface area contributed by atoms with Crippen molar-refractivity contribution in [1.82, 2.24) is 14.4 Å². The van der Waals surface area contributed by atoms with Gasteiger partial charge in [0.05, 0.1) is 22.9 Å². The number of hydrogen-bond acceptors (Lipinski definition) is 1. The summed E-state index contributed by atoms with van der Waals surface area (Å²) in [4.78, 5) is 8.11. The van der Waals surface area contributed by atoms with Crippen molar-refractivity contribution in [1.29, 1.82) is 0 Å². The highest BCUT2D eigenvalue weighted by atomic mass is 15.0. The van der Waals surface area contributed by atoms with Crippen LogP contribution in [0.5, 0.6) is 0 Å². The van der Waals surface area contributed by atoms with Gasteiger partial charge in [0.15, 0.2) is 5.65 Å². The molecule has 3 heterocycles. The van der Waals surface area contributed by atoms with E-state index in [1.54, 1.807) is 0 Å². The van der Waals surface area contributed by atoms with Gasteiger partial charge >= 0.3 is 0 Å². The van der Waals surface area contributed by atoms with Crippen LogP contribution in [0.4, 0.5) is 0 Å². The van der Waals surface area contributed by atoms with Gasteiger partial charge < -0.3 is 9.38 Å². The van der Waals surface area contributed by atoms with Crippen LogP contribution in [0.1, 0.15) is 25.0 Å². The molecule has 0 bridgehead atoms. The summed E-state index contributed by atoms with van der Waals surface area (Å²) in [6.45, 7) is 4.39. The maximum atomic E-state index is 4.59. The Bertz CT molecular complexity index is 942. The number of fused-ring (bicyclic) bond motifs is 3. The summed E-state index contributed by atoms with van der Waals surface area (Å²) in [5, 5.41) is 0. The highest BCUT2D eigenvalue weighted by Gasteiger charge is 2.15. The van der Waals surface area contributed by atoms with Gasteiger partial charge in [-0.1, -0.05) is 38.1 Å². The Morgan fingerprint density at radius 1 is 1.05 bits per heavy atom. The van der Waals surface area contributed by atoms with E-state index in [9.17, 15) is 0 Å². The molecule has 0 atom stereocenters. The average molecular weight is 289 g/mol. The number of aromatic nitrogens is 3. The molecule has 4 rings (SSSR count). The van der Waals surface area contributed by atoms with E-state index in [0.717, 1.165) is 24.0 Å². The number of nitrogens with zero attached hydrogens (tertiary/aromatic N) is 2. The minimum absolute atomic E-state index is 0.954. The lowest BCUT2D eigenvalue weighted by Gasteiger charge is -2.04. The van der Waals surface area contributed by atoms with Crippen molar-refractivity contribution in [2.24, 2.45) is 0 Å². The zero-order valence-corrected chi connectivity index (χ0v) is 12.9. The number of aryl methyl sites for hydroxylation is 2. The fourth-order valence-corrected chi connectivity index (χ4v) is 3.20. The molecular formula is C19H19N3. The van der Waals surface area contributed by atoms with E-state index >= 15 is 0 Å². The van der Waals surface area contributed by atoms with Crippen LogP contribution >= 0.6 is 0 Å². The molecule has 3 aromatic heterocycles. The van der Waals surface area contributed by atoms with Gasteiger partial charge in [0, 0.05) is 11.8 Å². The summed E-state index contributed by atoms with van der Waals surface area (Å²) < 4.78 is 2.22. The van der Waals surface area contributed by atoms with Gasteiger partial charge in [-0.15, -0.1) is 0 Å². The van der Waals surface area contributed by atoms with Crippen molar-refractivity contribution >= 4 is 16.7 Å². The third-order valence-corrected chi connectivity index (χ3v) is 4.41. The average Bonchev–Trinajstić information content (AvgIpc) is 3.18. The van der Waals surface area contributed by atoms with E-state index in [4.69, 9.17) is 0 Å². The molecule has 1 N–H and O–H groups in total. The molecule has 110 valence electrons. The highest BCUT2D eigenvalue weighted by Crippen LogP contribution is 2.30. The Hall–Kier alpha value is -2.55. The van der Waals surface area contributed by atoms with E-state index in [1.165, 1.54) is 27.9 Å². The summed E-state index contributed by atoms with van der Waals surface area (Å²) in [7, 11) is 0. The van der Waals surface area contributed by atoms with Crippen molar-refractivity contribution < 1.29 is 0 Å². The molecule has 0 spiro atoms. The Balaban J connectivity index is 2.00. The second kappa shape index (κ2) is 5.02. The molecule has 4 aromatic rings. The molecule has 0 aliphatic rings. The molecule has 0 amide bonds. The largest absolute Gasteiger partial charge is 0.338 e. The third-order valence-electron chi connectivity index (χ3n) is 4.41. The molecule has 0 aliphatic heterocycles. The molecule has 0 saturated heterocycles. The predicted molar refractivity (Wildman–Crippen MR) is 91.2 cm³/mol. The van der Waals surface area contributed by atoms with Crippen LogP contribution in [0, 0.1) is 0 Å². The summed E-state index contributed by atoms with van der Waals surface area (Å²) in [6.07, 6.45) is 6.07. The smallest absolute Gasteiger partial charge is 0.155 e. The molecule has 0 unspecified atom stereocenters. The fraction of sp³-hybridized carbons (Fsp3) is 0.211. The first kappa shape index (κ1) is 13.1. The molecule has 3 nitrogen and oxygen atoms in total. The Morgan fingerprint density at radius 3 is 2.59 bits per heavy atom. The number of benzene rings is 1. The van der Waals surface area contributed by atoms with Crippen LogP contribution in [0.3, 0.4) is 0 Å². The van der Waals surface area contributed by atoms with Gasteiger partial charge in [0.25, 0.3) is 0 Å². The summed E-state index contributed by atoms with van der Waals surface area (Å²) >= 11 is 0. The molecule has 0 radical (unpaired) electrons. The van der Waals surface area contributed by atoms with Crippen LogP contribution in [-0.4, -0.2) is 14.4 Å². The first-order valence-electron chi connectivity index (χ1n) is 7.87. The Kier molecular flexibility index (Phi) is 3.00. The molecule has 0 fully saturated rings. The third kappa shape index (κ3) is 1.86. The van der Waals surface area contributed by atoms with E-state index < -0.39 is 0 Å². The number of aromatic amines is 1. The monoisotopic (exact) mass is 289 g/mol. The first-order valence-corrected chi connectivity index (χ1v) is 7.87.